The zero-order chi connectivity index (χ0) is 26.7. The maximum Gasteiger partial charge on any atom is 0.336 e. The van der Waals surface area contributed by atoms with Crippen LogP contribution in [-0.4, -0.2) is 36.5 Å². The molecule has 1 aliphatic carbocycles. The molecular formula is C31H32O7. The van der Waals surface area contributed by atoms with Crippen LogP contribution >= 0.6 is 0 Å². The first-order chi connectivity index (χ1) is 18.5. The fourth-order valence-corrected chi connectivity index (χ4v) is 5.59. The molecule has 198 valence electrons. The lowest BCUT2D eigenvalue weighted by Gasteiger charge is -2.39. The van der Waals surface area contributed by atoms with Gasteiger partial charge in [0.1, 0.15) is 18.1 Å². The molecule has 2 N–H and O–H groups in total. The summed E-state index contributed by atoms with van der Waals surface area (Å²) < 4.78 is 23.3. The van der Waals surface area contributed by atoms with Gasteiger partial charge in [-0.1, -0.05) is 18.2 Å². The topological polar surface area (TPSA) is 98.4 Å². The molecule has 0 amide bonds. The number of benzene rings is 3. The predicted octanol–water partition coefficient (Wildman–Crippen LogP) is 6.30. The summed E-state index contributed by atoms with van der Waals surface area (Å²) in [6.07, 6.45) is 5.52. The Bertz CT molecular complexity index is 1420. The zero-order valence-electron chi connectivity index (χ0n) is 21.6. The van der Waals surface area contributed by atoms with Gasteiger partial charge < -0.3 is 28.8 Å². The molecule has 0 unspecified atom stereocenters. The molecule has 1 saturated carbocycles. The SMILES string of the molecule is COC1CCC(OC)(c2cccc(COc3ccc4c(-c5ccco5)c(CO)c(C(=O)O)cc4c3)c2)CC1. The fraction of sp³-hybridized carbons (Fsp3) is 0.323. The lowest BCUT2D eigenvalue weighted by atomic mass is 9.78. The van der Waals surface area contributed by atoms with Crippen LogP contribution in [0.2, 0.25) is 0 Å². The summed E-state index contributed by atoms with van der Waals surface area (Å²) in [5, 5.41) is 21.3. The van der Waals surface area contributed by atoms with Crippen LogP contribution in [0.1, 0.15) is 52.7 Å². The van der Waals surface area contributed by atoms with Gasteiger partial charge in [0.05, 0.1) is 30.1 Å². The third-order valence-electron chi connectivity index (χ3n) is 7.70. The largest absolute Gasteiger partial charge is 0.489 e. The first-order valence-corrected chi connectivity index (χ1v) is 12.8. The molecule has 1 heterocycles. The average molecular weight is 517 g/mol. The molecule has 5 rings (SSSR count). The number of ether oxygens (including phenoxy) is 3. The molecular weight excluding hydrogens is 484 g/mol. The highest BCUT2D eigenvalue weighted by molar-refractivity contribution is 6.04. The number of carbonyl (C=O) groups is 1. The minimum absolute atomic E-state index is 0.0318. The number of carboxylic acid groups (broad SMARTS) is 1. The smallest absolute Gasteiger partial charge is 0.336 e. The standard InChI is InChI=1S/C31H32O7/c1-35-23-10-12-31(36-2,13-11-23)22-6-3-5-20(15-22)19-38-24-8-9-25-21(16-24)17-26(30(33)34)27(18-32)29(25)28-7-4-14-37-28/h3-9,14-17,23,32H,10-13,18-19H2,1-2H3,(H,33,34). The first kappa shape index (κ1) is 26.0. The van der Waals surface area contributed by atoms with Crippen LogP contribution < -0.4 is 4.74 Å². The third-order valence-corrected chi connectivity index (χ3v) is 7.70. The summed E-state index contributed by atoms with van der Waals surface area (Å²) in [5.41, 5.74) is 2.75. The van der Waals surface area contributed by atoms with Gasteiger partial charge in [0.25, 0.3) is 0 Å². The quantitative estimate of drug-likeness (QED) is 0.269. The Kier molecular flexibility index (Phi) is 7.51. The molecule has 0 saturated heterocycles. The monoisotopic (exact) mass is 516 g/mol. The van der Waals surface area contributed by atoms with Gasteiger partial charge in [-0.2, -0.15) is 0 Å². The van der Waals surface area contributed by atoms with Crippen LogP contribution in [-0.2, 0) is 28.3 Å². The molecule has 1 fully saturated rings. The Morgan fingerprint density at radius 1 is 1.05 bits per heavy atom. The third kappa shape index (κ3) is 4.92. The van der Waals surface area contributed by atoms with Crippen molar-refractivity contribution in [3.05, 3.63) is 89.2 Å². The van der Waals surface area contributed by atoms with Crippen molar-refractivity contribution in [2.45, 2.75) is 50.6 Å². The van der Waals surface area contributed by atoms with Crippen molar-refractivity contribution < 1.29 is 33.6 Å². The van der Waals surface area contributed by atoms with Gasteiger partial charge in [0.15, 0.2) is 0 Å². The van der Waals surface area contributed by atoms with Crippen molar-refractivity contribution in [3.8, 4) is 17.1 Å². The van der Waals surface area contributed by atoms with Crippen LogP contribution in [0.15, 0.2) is 71.3 Å². The van der Waals surface area contributed by atoms with Gasteiger partial charge in [-0.15, -0.1) is 0 Å². The molecule has 1 aliphatic rings. The van der Waals surface area contributed by atoms with Gasteiger partial charge in [-0.3, -0.25) is 0 Å². The van der Waals surface area contributed by atoms with E-state index in [2.05, 4.69) is 12.1 Å². The van der Waals surface area contributed by atoms with Crippen LogP contribution in [0.4, 0.5) is 0 Å². The van der Waals surface area contributed by atoms with E-state index >= 15 is 0 Å². The minimum Gasteiger partial charge on any atom is -0.489 e. The van der Waals surface area contributed by atoms with Crippen molar-refractivity contribution in [2.75, 3.05) is 14.2 Å². The molecule has 4 aromatic rings. The molecule has 0 aliphatic heterocycles. The number of hydrogen-bond acceptors (Lipinski definition) is 6. The molecule has 7 nitrogen and oxygen atoms in total. The molecule has 0 bridgehead atoms. The highest BCUT2D eigenvalue weighted by Crippen LogP contribution is 2.41. The summed E-state index contributed by atoms with van der Waals surface area (Å²) in [5.74, 6) is 0.00109. The van der Waals surface area contributed by atoms with E-state index in [4.69, 9.17) is 18.6 Å². The highest BCUT2D eigenvalue weighted by Gasteiger charge is 2.37. The maximum atomic E-state index is 12.0. The van der Waals surface area contributed by atoms with Crippen molar-refractivity contribution in [3.63, 3.8) is 0 Å². The number of hydrogen-bond donors (Lipinski definition) is 2. The molecule has 0 atom stereocenters. The number of aromatic carboxylic acids is 1. The molecule has 38 heavy (non-hydrogen) atoms. The second-order valence-corrected chi connectivity index (χ2v) is 9.72. The van der Waals surface area contributed by atoms with Crippen LogP contribution in [0.25, 0.3) is 22.1 Å². The first-order valence-electron chi connectivity index (χ1n) is 12.8. The van der Waals surface area contributed by atoms with E-state index in [1.165, 1.54) is 6.26 Å². The van der Waals surface area contributed by atoms with E-state index in [-0.39, 0.29) is 17.3 Å². The Morgan fingerprint density at radius 3 is 2.53 bits per heavy atom. The number of rotatable bonds is 9. The van der Waals surface area contributed by atoms with E-state index in [1.807, 2.05) is 30.3 Å². The lowest BCUT2D eigenvalue weighted by molar-refractivity contribution is -0.0762. The average Bonchev–Trinajstić information content (AvgIpc) is 3.49. The Morgan fingerprint density at radius 2 is 1.87 bits per heavy atom. The maximum absolute atomic E-state index is 12.0. The van der Waals surface area contributed by atoms with Gasteiger partial charge in [0.2, 0.25) is 0 Å². The number of furan rings is 1. The summed E-state index contributed by atoms with van der Waals surface area (Å²) in [6.45, 7) is -0.0668. The van der Waals surface area contributed by atoms with E-state index in [9.17, 15) is 15.0 Å². The second kappa shape index (κ2) is 11.0. The fourth-order valence-electron chi connectivity index (χ4n) is 5.59. The molecule has 3 aromatic carbocycles. The molecule has 1 aromatic heterocycles. The molecule has 0 spiro atoms. The van der Waals surface area contributed by atoms with Crippen LogP contribution in [0.3, 0.4) is 0 Å². The van der Waals surface area contributed by atoms with E-state index in [0.29, 0.717) is 34.6 Å². The van der Waals surface area contributed by atoms with Gasteiger partial charge in [-0.25, -0.2) is 4.79 Å². The highest BCUT2D eigenvalue weighted by atomic mass is 16.5. The van der Waals surface area contributed by atoms with E-state index < -0.39 is 12.6 Å². The van der Waals surface area contributed by atoms with Crippen molar-refractivity contribution in [1.82, 2.24) is 0 Å². The second-order valence-electron chi connectivity index (χ2n) is 9.72. The van der Waals surface area contributed by atoms with Crippen molar-refractivity contribution in [2.24, 2.45) is 0 Å². The number of carboxylic acids is 1. The summed E-state index contributed by atoms with van der Waals surface area (Å²) in [7, 11) is 3.54. The number of fused-ring (bicyclic) bond motifs is 1. The Hall–Kier alpha value is -3.65. The van der Waals surface area contributed by atoms with Gasteiger partial charge >= 0.3 is 5.97 Å². The van der Waals surface area contributed by atoms with Gasteiger partial charge in [-0.05, 0) is 90.0 Å². The molecule has 0 radical (unpaired) electrons. The Balaban J connectivity index is 1.42. The van der Waals surface area contributed by atoms with Crippen molar-refractivity contribution >= 4 is 16.7 Å². The predicted molar refractivity (Wildman–Crippen MR) is 143 cm³/mol. The minimum atomic E-state index is -1.11. The van der Waals surface area contributed by atoms with Crippen molar-refractivity contribution in [1.29, 1.82) is 0 Å². The number of methoxy groups -OCH3 is 2. The number of aliphatic hydroxyl groups is 1. The lowest BCUT2D eigenvalue weighted by Crippen LogP contribution is -2.36. The van der Waals surface area contributed by atoms with E-state index in [0.717, 1.165) is 42.2 Å². The van der Waals surface area contributed by atoms with Gasteiger partial charge in [0, 0.05) is 25.3 Å². The normalized spacial score (nSPS) is 19.5. The van der Waals surface area contributed by atoms with Crippen LogP contribution in [0, 0.1) is 0 Å². The summed E-state index contributed by atoms with van der Waals surface area (Å²) >= 11 is 0. The summed E-state index contributed by atoms with van der Waals surface area (Å²) in [6, 6.07) is 18.9. The molecule has 7 heteroatoms. The Labute approximate surface area is 221 Å². The zero-order valence-corrected chi connectivity index (χ0v) is 21.6. The van der Waals surface area contributed by atoms with E-state index in [1.54, 1.807) is 32.4 Å². The van der Waals surface area contributed by atoms with Crippen LogP contribution in [0.5, 0.6) is 5.75 Å². The number of aliphatic hydroxyl groups excluding tert-OH is 1. The summed E-state index contributed by atoms with van der Waals surface area (Å²) in [4.78, 5) is 12.0.